The van der Waals surface area contributed by atoms with E-state index in [1.165, 1.54) is 0 Å². The molecule has 2 aliphatic rings. The highest BCUT2D eigenvalue weighted by molar-refractivity contribution is 6.03. The third-order valence-electron chi connectivity index (χ3n) is 4.43. The fourth-order valence-corrected chi connectivity index (χ4v) is 2.87. The Morgan fingerprint density at radius 2 is 2.00 bits per heavy atom. The maximum Gasteiger partial charge on any atom is 0.236 e. The summed E-state index contributed by atoms with van der Waals surface area (Å²) in [5.41, 5.74) is 0.203. The molecular formula is C15H20N4O2. The van der Waals surface area contributed by atoms with Crippen LogP contribution in [0.1, 0.15) is 25.3 Å². The van der Waals surface area contributed by atoms with Crippen LogP contribution in [0, 0.1) is 0 Å². The molecule has 6 nitrogen and oxygen atoms in total. The number of pyridine rings is 1. The van der Waals surface area contributed by atoms with Gasteiger partial charge in [-0.25, -0.2) is 4.98 Å². The molecule has 1 aromatic heterocycles. The smallest absolute Gasteiger partial charge is 0.236 e. The molecular weight excluding hydrogens is 268 g/mol. The van der Waals surface area contributed by atoms with Crippen molar-refractivity contribution in [2.75, 3.05) is 31.1 Å². The highest BCUT2D eigenvalue weighted by atomic mass is 16.2. The highest BCUT2D eigenvalue weighted by Crippen LogP contribution is 2.32. The summed E-state index contributed by atoms with van der Waals surface area (Å²) in [6.07, 6.45) is 2.68. The molecule has 0 radical (unpaired) electrons. The van der Waals surface area contributed by atoms with E-state index in [2.05, 4.69) is 20.5 Å². The molecule has 3 heterocycles. The van der Waals surface area contributed by atoms with E-state index in [4.69, 9.17) is 0 Å². The second-order valence-corrected chi connectivity index (χ2v) is 5.85. The molecule has 2 amide bonds. The average Bonchev–Trinajstić information content (AvgIpc) is 2.52. The molecule has 1 atom stereocenters. The molecule has 2 fully saturated rings. The first-order chi connectivity index (χ1) is 10.1. The number of piperazine rings is 1. The van der Waals surface area contributed by atoms with Gasteiger partial charge in [0.25, 0.3) is 0 Å². The fourth-order valence-electron chi connectivity index (χ4n) is 2.87. The first-order valence-electron chi connectivity index (χ1n) is 7.36. The van der Waals surface area contributed by atoms with Gasteiger partial charge in [-0.05, 0) is 25.0 Å². The zero-order chi connectivity index (χ0) is 14.9. The van der Waals surface area contributed by atoms with Crippen LogP contribution in [-0.4, -0.2) is 43.0 Å². The van der Waals surface area contributed by atoms with Crippen molar-refractivity contribution >= 4 is 17.6 Å². The maximum absolute atomic E-state index is 12.1. The topological polar surface area (TPSA) is 74.3 Å². The molecule has 112 valence electrons. The van der Waals surface area contributed by atoms with Crippen LogP contribution in [0.5, 0.6) is 0 Å². The number of piperidine rings is 1. The number of imide groups is 1. The molecule has 0 spiro atoms. The van der Waals surface area contributed by atoms with E-state index in [1.807, 2.05) is 19.1 Å². The van der Waals surface area contributed by atoms with Crippen molar-refractivity contribution in [3.8, 4) is 0 Å². The van der Waals surface area contributed by atoms with Gasteiger partial charge in [-0.15, -0.1) is 0 Å². The van der Waals surface area contributed by atoms with Gasteiger partial charge in [-0.2, -0.15) is 0 Å². The van der Waals surface area contributed by atoms with Crippen LogP contribution in [0.3, 0.4) is 0 Å². The SMILES string of the molecule is C[C@]1(c2ccc(N3CCNCC3)nc2)CCC(=O)NC1=O. The molecule has 3 rings (SSSR count). The zero-order valence-corrected chi connectivity index (χ0v) is 12.2. The monoisotopic (exact) mass is 288 g/mol. The predicted octanol–water partition coefficient (Wildman–Crippen LogP) is 0.185. The van der Waals surface area contributed by atoms with E-state index in [9.17, 15) is 9.59 Å². The van der Waals surface area contributed by atoms with Gasteiger partial charge in [0.15, 0.2) is 0 Å². The van der Waals surface area contributed by atoms with E-state index in [1.54, 1.807) is 6.20 Å². The lowest BCUT2D eigenvalue weighted by atomic mass is 9.76. The van der Waals surface area contributed by atoms with Gasteiger partial charge in [0.05, 0.1) is 5.41 Å². The van der Waals surface area contributed by atoms with Crippen molar-refractivity contribution in [1.29, 1.82) is 0 Å². The largest absolute Gasteiger partial charge is 0.354 e. The fraction of sp³-hybridized carbons (Fsp3) is 0.533. The van der Waals surface area contributed by atoms with Gasteiger partial charge in [0.1, 0.15) is 5.82 Å². The molecule has 0 unspecified atom stereocenters. The summed E-state index contributed by atoms with van der Waals surface area (Å²) in [5, 5.41) is 5.73. The van der Waals surface area contributed by atoms with E-state index in [0.717, 1.165) is 37.6 Å². The van der Waals surface area contributed by atoms with Crippen LogP contribution in [0.4, 0.5) is 5.82 Å². The number of aromatic nitrogens is 1. The molecule has 2 aliphatic heterocycles. The van der Waals surface area contributed by atoms with Gasteiger partial charge >= 0.3 is 0 Å². The first kappa shape index (κ1) is 14.0. The Bertz CT molecular complexity index is 551. The van der Waals surface area contributed by atoms with Crippen LogP contribution < -0.4 is 15.5 Å². The van der Waals surface area contributed by atoms with Crippen molar-refractivity contribution in [3.63, 3.8) is 0 Å². The van der Waals surface area contributed by atoms with E-state index in [-0.39, 0.29) is 11.8 Å². The van der Waals surface area contributed by atoms with Crippen molar-refractivity contribution < 1.29 is 9.59 Å². The number of amides is 2. The number of hydrogen-bond donors (Lipinski definition) is 2. The number of nitrogens with zero attached hydrogens (tertiary/aromatic N) is 2. The van der Waals surface area contributed by atoms with Crippen LogP contribution in [-0.2, 0) is 15.0 Å². The summed E-state index contributed by atoms with van der Waals surface area (Å²) in [4.78, 5) is 30.2. The Balaban J connectivity index is 1.80. The minimum Gasteiger partial charge on any atom is -0.354 e. The van der Waals surface area contributed by atoms with Crippen LogP contribution in [0.2, 0.25) is 0 Å². The molecule has 0 saturated carbocycles. The van der Waals surface area contributed by atoms with Gasteiger partial charge in [0, 0.05) is 38.8 Å². The predicted molar refractivity (Wildman–Crippen MR) is 79.1 cm³/mol. The Morgan fingerprint density at radius 1 is 1.24 bits per heavy atom. The standard InChI is InChI=1S/C15H20N4O2/c1-15(5-4-13(20)18-14(15)21)11-2-3-12(17-10-11)19-8-6-16-7-9-19/h2-3,10,16H,4-9H2,1H3,(H,18,20,21)/t15-/m1/s1. The Labute approximate surface area is 123 Å². The molecule has 0 aliphatic carbocycles. The van der Waals surface area contributed by atoms with Gasteiger partial charge in [0.2, 0.25) is 11.8 Å². The van der Waals surface area contributed by atoms with Gasteiger partial charge in [-0.1, -0.05) is 6.07 Å². The third-order valence-corrected chi connectivity index (χ3v) is 4.43. The number of carbonyl (C=O) groups excluding carboxylic acids is 2. The second kappa shape index (κ2) is 5.44. The lowest BCUT2D eigenvalue weighted by Gasteiger charge is -2.32. The van der Waals surface area contributed by atoms with Crippen molar-refractivity contribution in [1.82, 2.24) is 15.6 Å². The van der Waals surface area contributed by atoms with Crippen LogP contribution in [0.25, 0.3) is 0 Å². The molecule has 6 heteroatoms. The van der Waals surface area contributed by atoms with Crippen molar-refractivity contribution in [2.24, 2.45) is 0 Å². The lowest BCUT2D eigenvalue weighted by molar-refractivity contribution is -0.137. The Kier molecular flexibility index (Phi) is 3.63. The summed E-state index contributed by atoms with van der Waals surface area (Å²) in [7, 11) is 0. The zero-order valence-electron chi connectivity index (χ0n) is 12.2. The van der Waals surface area contributed by atoms with E-state index >= 15 is 0 Å². The molecule has 2 saturated heterocycles. The van der Waals surface area contributed by atoms with Crippen molar-refractivity contribution in [3.05, 3.63) is 23.9 Å². The number of hydrogen-bond acceptors (Lipinski definition) is 5. The summed E-state index contributed by atoms with van der Waals surface area (Å²) in [5.74, 6) is 0.523. The number of nitrogens with one attached hydrogen (secondary N) is 2. The Hall–Kier alpha value is -1.95. The maximum atomic E-state index is 12.1. The molecule has 2 N–H and O–H groups in total. The number of anilines is 1. The van der Waals surface area contributed by atoms with Crippen LogP contribution >= 0.6 is 0 Å². The summed E-state index contributed by atoms with van der Waals surface area (Å²) in [6.45, 7) is 5.69. The summed E-state index contributed by atoms with van der Waals surface area (Å²) in [6, 6.07) is 3.93. The number of carbonyl (C=O) groups is 2. The third kappa shape index (κ3) is 2.63. The van der Waals surface area contributed by atoms with Crippen LogP contribution in [0.15, 0.2) is 18.3 Å². The van der Waals surface area contributed by atoms with Crippen molar-refractivity contribution in [2.45, 2.75) is 25.2 Å². The van der Waals surface area contributed by atoms with E-state index < -0.39 is 5.41 Å². The second-order valence-electron chi connectivity index (χ2n) is 5.85. The minimum absolute atomic E-state index is 0.192. The normalized spacial score (nSPS) is 26.6. The van der Waals surface area contributed by atoms with Gasteiger partial charge < -0.3 is 10.2 Å². The van der Waals surface area contributed by atoms with Gasteiger partial charge in [-0.3, -0.25) is 14.9 Å². The quantitative estimate of drug-likeness (QED) is 0.760. The average molecular weight is 288 g/mol. The van der Waals surface area contributed by atoms with E-state index in [0.29, 0.717) is 12.8 Å². The Morgan fingerprint density at radius 3 is 2.62 bits per heavy atom. The summed E-state index contributed by atoms with van der Waals surface area (Å²) >= 11 is 0. The molecule has 1 aromatic rings. The lowest BCUT2D eigenvalue weighted by Crippen LogP contribution is -2.49. The molecule has 0 aromatic carbocycles. The number of rotatable bonds is 2. The first-order valence-corrected chi connectivity index (χ1v) is 7.36. The molecule has 0 bridgehead atoms. The minimum atomic E-state index is -0.664. The molecule has 21 heavy (non-hydrogen) atoms. The highest BCUT2D eigenvalue weighted by Gasteiger charge is 2.40. The summed E-state index contributed by atoms with van der Waals surface area (Å²) < 4.78 is 0.